The van der Waals surface area contributed by atoms with Crippen LogP contribution in [0.2, 0.25) is 0 Å². The van der Waals surface area contributed by atoms with Gasteiger partial charge >= 0.3 is 0 Å². The number of carbonyl (C=O) groups is 1. The fourth-order valence-electron chi connectivity index (χ4n) is 3.27. The summed E-state index contributed by atoms with van der Waals surface area (Å²) in [5.41, 5.74) is 2.46. The predicted molar refractivity (Wildman–Crippen MR) is 128 cm³/mol. The Kier molecular flexibility index (Phi) is 6.99. The van der Waals surface area contributed by atoms with Crippen LogP contribution in [0.3, 0.4) is 0 Å². The van der Waals surface area contributed by atoms with E-state index < -0.39 is 0 Å². The van der Waals surface area contributed by atoms with Gasteiger partial charge in [0.05, 0.1) is 16.6 Å². The fourth-order valence-corrected chi connectivity index (χ4v) is 3.27. The number of amides is 1. The molecule has 1 amide bonds. The quantitative estimate of drug-likeness (QED) is 0.613. The highest BCUT2D eigenvalue weighted by Crippen LogP contribution is 2.20. The Morgan fingerprint density at radius 3 is 2.62 bits per heavy atom. The number of likely N-dealkylation sites (N-methyl/N-ethyl adjacent to an activating group) is 1. The lowest BCUT2D eigenvalue weighted by Crippen LogP contribution is -2.40. The maximum atomic E-state index is 13.3. The average Bonchev–Trinajstić information content (AvgIpc) is 2.74. The minimum absolute atomic E-state index is 0.0603. The zero-order valence-electron chi connectivity index (χ0n) is 19.7. The number of nitrogens with zero attached hydrogens (tertiary/aromatic N) is 3. The zero-order valence-corrected chi connectivity index (χ0v) is 19.7. The monoisotopic (exact) mass is 436 g/mol. The maximum absolute atomic E-state index is 13.3. The van der Waals surface area contributed by atoms with Crippen LogP contribution in [0.5, 0.6) is 5.75 Å². The summed E-state index contributed by atoms with van der Waals surface area (Å²) in [6, 6.07) is 10.7. The molecule has 170 valence electrons. The minimum Gasteiger partial charge on any atom is -0.492 e. The summed E-state index contributed by atoms with van der Waals surface area (Å²) in [6.45, 7) is 12.0. The highest BCUT2D eigenvalue weighted by atomic mass is 16.5. The van der Waals surface area contributed by atoms with Crippen molar-refractivity contribution in [2.75, 3.05) is 26.7 Å². The third kappa shape index (κ3) is 5.16. The normalized spacial score (nSPS) is 11.7. The lowest BCUT2D eigenvalue weighted by atomic mass is 10.1. The molecule has 0 saturated heterocycles. The van der Waals surface area contributed by atoms with E-state index >= 15 is 0 Å². The Morgan fingerprint density at radius 1 is 1.19 bits per heavy atom. The molecule has 0 radical (unpaired) electrons. The average molecular weight is 437 g/mol. The van der Waals surface area contributed by atoms with Gasteiger partial charge in [-0.25, -0.2) is 4.98 Å². The largest absolute Gasteiger partial charge is 0.492 e. The Balaban J connectivity index is 1.92. The molecule has 32 heavy (non-hydrogen) atoms. The van der Waals surface area contributed by atoms with Crippen molar-refractivity contribution < 1.29 is 9.53 Å². The van der Waals surface area contributed by atoms with E-state index in [1.807, 2.05) is 26.0 Å². The van der Waals surface area contributed by atoms with E-state index in [-0.39, 0.29) is 17.0 Å². The smallest absolute Gasteiger partial charge is 0.265 e. The summed E-state index contributed by atoms with van der Waals surface area (Å²) in [5.74, 6) is 0.454. The number of rotatable bonds is 7. The van der Waals surface area contributed by atoms with Crippen LogP contribution in [-0.2, 0) is 0 Å². The molecule has 0 unspecified atom stereocenters. The number of aryl methyl sites for hydroxylation is 1. The predicted octanol–water partition coefficient (Wildman–Crippen LogP) is 3.55. The first-order valence-electron chi connectivity index (χ1n) is 10.9. The number of hydrogen-bond donors (Lipinski definition) is 1. The molecule has 2 aromatic carbocycles. The molecule has 1 aromatic heterocycles. The van der Waals surface area contributed by atoms with Gasteiger partial charge in [0.15, 0.2) is 0 Å². The van der Waals surface area contributed by atoms with E-state index in [9.17, 15) is 9.59 Å². The van der Waals surface area contributed by atoms with Crippen LogP contribution in [0.15, 0.2) is 47.5 Å². The van der Waals surface area contributed by atoms with Gasteiger partial charge in [-0.3, -0.25) is 19.1 Å². The molecule has 0 bridgehead atoms. The third-order valence-electron chi connectivity index (χ3n) is 5.64. The highest BCUT2D eigenvalue weighted by molar-refractivity contribution is 5.94. The molecule has 3 aromatic rings. The molecule has 0 aliphatic carbocycles. The van der Waals surface area contributed by atoms with Crippen LogP contribution in [0.1, 0.15) is 43.6 Å². The maximum Gasteiger partial charge on any atom is 0.265 e. The molecule has 7 nitrogen and oxygen atoms in total. The van der Waals surface area contributed by atoms with Crippen molar-refractivity contribution in [2.24, 2.45) is 0 Å². The fraction of sp³-hybridized carbons (Fsp3) is 0.400. The standard InChI is InChI=1S/C25H32N4O3/c1-7-26-23(30)18-9-8-17(2)22(14-18)29-16-27-21-11-10-19(15-20(21)24(29)31)32-13-12-28(6)25(3,4)5/h8-11,14-16H,7,12-13H2,1-6H3,(H,26,30). The van der Waals surface area contributed by atoms with Crippen molar-refractivity contribution in [2.45, 2.75) is 40.2 Å². The summed E-state index contributed by atoms with van der Waals surface area (Å²) in [4.78, 5) is 32.2. The van der Waals surface area contributed by atoms with Gasteiger partial charge in [0.1, 0.15) is 18.7 Å². The van der Waals surface area contributed by atoms with Gasteiger partial charge in [0.2, 0.25) is 0 Å². The summed E-state index contributed by atoms with van der Waals surface area (Å²) in [6.07, 6.45) is 1.51. The summed E-state index contributed by atoms with van der Waals surface area (Å²) in [5, 5.41) is 3.26. The molecule has 1 heterocycles. The van der Waals surface area contributed by atoms with Gasteiger partial charge < -0.3 is 10.1 Å². The Labute approximate surface area is 189 Å². The van der Waals surface area contributed by atoms with E-state index in [4.69, 9.17) is 4.74 Å². The molecule has 0 spiro atoms. The summed E-state index contributed by atoms with van der Waals surface area (Å²) >= 11 is 0. The number of fused-ring (bicyclic) bond motifs is 1. The van der Waals surface area contributed by atoms with Crippen molar-refractivity contribution in [1.82, 2.24) is 19.8 Å². The van der Waals surface area contributed by atoms with E-state index in [0.29, 0.717) is 41.1 Å². The lowest BCUT2D eigenvalue weighted by Gasteiger charge is -2.31. The van der Waals surface area contributed by atoms with Crippen LogP contribution < -0.4 is 15.6 Å². The van der Waals surface area contributed by atoms with Crippen LogP contribution >= 0.6 is 0 Å². The highest BCUT2D eigenvalue weighted by Gasteiger charge is 2.16. The second-order valence-electron chi connectivity index (χ2n) is 8.90. The second kappa shape index (κ2) is 9.53. The zero-order chi connectivity index (χ0) is 23.5. The topological polar surface area (TPSA) is 76.5 Å². The number of hydrogen-bond acceptors (Lipinski definition) is 5. The van der Waals surface area contributed by atoms with Crippen molar-refractivity contribution in [1.29, 1.82) is 0 Å². The van der Waals surface area contributed by atoms with Gasteiger partial charge in [0.25, 0.3) is 11.5 Å². The number of carbonyl (C=O) groups excluding carboxylic acids is 1. The molecule has 1 N–H and O–H groups in total. The summed E-state index contributed by atoms with van der Waals surface area (Å²) in [7, 11) is 2.06. The van der Waals surface area contributed by atoms with Gasteiger partial charge in [-0.15, -0.1) is 0 Å². The molecular weight excluding hydrogens is 404 g/mol. The van der Waals surface area contributed by atoms with Crippen LogP contribution in [-0.4, -0.2) is 52.6 Å². The third-order valence-corrected chi connectivity index (χ3v) is 5.64. The van der Waals surface area contributed by atoms with Crippen LogP contribution in [0, 0.1) is 6.92 Å². The van der Waals surface area contributed by atoms with Crippen molar-refractivity contribution in [3.63, 3.8) is 0 Å². The number of ether oxygens (including phenoxy) is 1. The van der Waals surface area contributed by atoms with Crippen molar-refractivity contribution >= 4 is 16.8 Å². The van der Waals surface area contributed by atoms with Gasteiger partial charge in [-0.2, -0.15) is 0 Å². The van der Waals surface area contributed by atoms with Gasteiger partial charge in [-0.1, -0.05) is 6.07 Å². The van der Waals surface area contributed by atoms with E-state index in [1.54, 1.807) is 24.3 Å². The molecular formula is C25H32N4O3. The van der Waals surface area contributed by atoms with Crippen LogP contribution in [0.25, 0.3) is 16.6 Å². The van der Waals surface area contributed by atoms with Crippen molar-refractivity contribution in [3.8, 4) is 11.4 Å². The van der Waals surface area contributed by atoms with Gasteiger partial charge in [-0.05, 0) is 77.6 Å². The second-order valence-corrected chi connectivity index (χ2v) is 8.90. The Morgan fingerprint density at radius 2 is 1.94 bits per heavy atom. The van der Waals surface area contributed by atoms with E-state index in [0.717, 1.165) is 12.1 Å². The molecule has 0 fully saturated rings. The Bertz CT molecular complexity index is 1180. The first-order valence-corrected chi connectivity index (χ1v) is 10.9. The molecule has 0 saturated carbocycles. The number of benzene rings is 2. The SMILES string of the molecule is CCNC(=O)c1ccc(C)c(-n2cnc3ccc(OCCN(C)C(C)(C)C)cc3c2=O)c1. The first-order chi connectivity index (χ1) is 15.1. The number of nitrogens with one attached hydrogen (secondary N) is 1. The van der Waals surface area contributed by atoms with E-state index in [2.05, 4.69) is 43.0 Å². The van der Waals surface area contributed by atoms with Gasteiger partial charge in [0, 0.05) is 24.2 Å². The molecule has 0 aliphatic heterocycles. The number of aromatic nitrogens is 2. The molecule has 0 atom stereocenters. The summed E-state index contributed by atoms with van der Waals surface area (Å²) < 4.78 is 7.39. The molecule has 7 heteroatoms. The molecule has 0 aliphatic rings. The molecule has 3 rings (SSSR count). The van der Waals surface area contributed by atoms with E-state index in [1.165, 1.54) is 10.9 Å². The lowest BCUT2D eigenvalue weighted by molar-refractivity contribution is 0.0956. The minimum atomic E-state index is -0.205. The Hall–Kier alpha value is -3.19. The van der Waals surface area contributed by atoms with Crippen LogP contribution in [0.4, 0.5) is 0 Å². The van der Waals surface area contributed by atoms with Crippen molar-refractivity contribution in [3.05, 3.63) is 64.2 Å². The first kappa shape index (κ1) is 23.5.